The Morgan fingerprint density at radius 1 is 1.16 bits per heavy atom. The Kier molecular flexibility index (Phi) is 3.39. The maximum atomic E-state index is 2.64. The maximum Gasteiger partial charge on any atom is 0.0169 e. The second kappa shape index (κ2) is 4.79. The molecule has 1 aromatic rings. The molecule has 3 aliphatic rings. The molecule has 19 heavy (non-hydrogen) atoms. The average molecular weight is 278 g/mol. The molecule has 4 rings (SSSR count). The summed E-state index contributed by atoms with van der Waals surface area (Å²) >= 11 is 0. The lowest BCUT2D eigenvalue weighted by atomic mass is 9.52. The summed E-state index contributed by atoms with van der Waals surface area (Å²) in [5.41, 5.74) is 3.91. The van der Waals surface area contributed by atoms with E-state index in [2.05, 4.69) is 36.2 Å². The first-order valence-corrected chi connectivity index (χ1v) is 7.60. The molecule has 104 valence electrons. The normalized spacial score (nSPS) is 36.9. The lowest BCUT2D eigenvalue weighted by Gasteiger charge is -2.58. The number of piperidine rings is 1. The molecule has 2 heteroatoms. The number of likely N-dealkylation sites (tertiary alicyclic amines) is 1. The molecule has 1 heterocycles. The van der Waals surface area contributed by atoms with Crippen LogP contribution in [0, 0.1) is 5.92 Å². The van der Waals surface area contributed by atoms with E-state index in [1.807, 2.05) is 0 Å². The molecule has 1 aromatic carbocycles. The van der Waals surface area contributed by atoms with Gasteiger partial charge in [0.25, 0.3) is 0 Å². The van der Waals surface area contributed by atoms with Gasteiger partial charge in [-0.3, -0.25) is 0 Å². The van der Waals surface area contributed by atoms with Gasteiger partial charge in [0.2, 0.25) is 0 Å². The second-order valence-electron chi connectivity index (χ2n) is 6.67. The van der Waals surface area contributed by atoms with Crippen LogP contribution in [0.4, 0.5) is 0 Å². The van der Waals surface area contributed by atoms with Crippen LogP contribution < -0.4 is 0 Å². The Morgan fingerprint density at radius 3 is 2.89 bits per heavy atom. The van der Waals surface area contributed by atoms with Gasteiger partial charge >= 0.3 is 0 Å². The minimum atomic E-state index is 0. The Labute approximate surface area is 122 Å². The highest BCUT2D eigenvalue weighted by molar-refractivity contribution is 5.85. The van der Waals surface area contributed by atoms with E-state index < -0.39 is 0 Å². The van der Waals surface area contributed by atoms with Crippen molar-refractivity contribution in [2.75, 3.05) is 13.6 Å². The number of hydrogen-bond acceptors (Lipinski definition) is 1. The monoisotopic (exact) mass is 277 g/mol. The van der Waals surface area contributed by atoms with Crippen LogP contribution >= 0.6 is 12.4 Å². The zero-order chi connectivity index (χ0) is 12.2. The van der Waals surface area contributed by atoms with Gasteiger partial charge in [0.1, 0.15) is 0 Å². The van der Waals surface area contributed by atoms with E-state index in [0.717, 1.165) is 12.0 Å². The van der Waals surface area contributed by atoms with E-state index in [0.29, 0.717) is 5.41 Å². The Hall–Kier alpha value is -0.530. The number of fused-ring (bicyclic) bond motifs is 1. The molecule has 0 unspecified atom stereocenters. The minimum Gasteiger partial charge on any atom is -0.303 e. The summed E-state index contributed by atoms with van der Waals surface area (Å²) in [7, 11) is 2.34. The third-order valence-electron chi connectivity index (χ3n) is 6.02. The van der Waals surface area contributed by atoms with Crippen molar-refractivity contribution in [2.45, 2.75) is 50.0 Å². The summed E-state index contributed by atoms with van der Waals surface area (Å²) in [5, 5.41) is 0. The molecule has 0 aromatic heterocycles. The SMILES string of the molecule is CN1CC[C@]23CCCC[C@H]2[C@H]1Cc1ccccc13.Cl. The first-order valence-electron chi connectivity index (χ1n) is 7.60. The van der Waals surface area contributed by atoms with Crippen molar-refractivity contribution in [3.8, 4) is 0 Å². The highest BCUT2D eigenvalue weighted by Crippen LogP contribution is 2.55. The summed E-state index contributed by atoms with van der Waals surface area (Å²) in [6, 6.07) is 10.1. The summed E-state index contributed by atoms with van der Waals surface area (Å²) in [4.78, 5) is 2.64. The van der Waals surface area contributed by atoms with Crippen LogP contribution in [0.25, 0.3) is 0 Å². The summed E-state index contributed by atoms with van der Waals surface area (Å²) in [6.45, 7) is 1.30. The second-order valence-corrected chi connectivity index (χ2v) is 6.67. The number of benzene rings is 1. The molecule has 0 N–H and O–H groups in total. The third-order valence-corrected chi connectivity index (χ3v) is 6.02. The fourth-order valence-corrected chi connectivity index (χ4v) is 5.16. The quantitative estimate of drug-likeness (QED) is 0.697. The van der Waals surface area contributed by atoms with Crippen LogP contribution in [-0.2, 0) is 11.8 Å². The number of nitrogens with zero attached hydrogens (tertiary/aromatic N) is 1. The molecule has 1 saturated carbocycles. The van der Waals surface area contributed by atoms with E-state index in [9.17, 15) is 0 Å². The van der Waals surface area contributed by atoms with E-state index >= 15 is 0 Å². The van der Waals surface area contributed by atoms with Crippen molar-refractivity contribution < 1.29 is 0 Å². The predicted molar refractivity (Wildman–Crippen MR) is 82.1 cm³/mol. The fraction of sp³-hybridized carbons (Fsp3) is 0.647. The van der Waals surface area contributed by atoms with Crippen molar-refractivity contribution in [1.82, 2.24) is 4.90 Å². The lowest BCUT2D eigenvalue weighted by molar-refractivity contribution is 0.00286. The molecule has 3 atom stereocenters. The van der Waals surface area contributed by atoms with Crippen molar-refractivity contribution in [3.63, 3.8) is 0 Å². The molecule has 0 radical (unpaired) electrons. The van der Waals surface area contributed by atoms with Crippen molar-refractivity contribution in [1.29, 1.82) is 0 Å². The summed E-state index contributed by atoms with van der Waals surface area (Å²) < 4.78 is 0. The van der Waals surface area contributed by atoms with E-state index in [4.69, 9.17) is 0 Å². The van der Waals surface area contributed by atoms with Gasteiger partial charge in [0, 0.05) is 11.5 Å². The first-order chi connectivity index (χ1) is 8.81. The molecule has 1 saturated heterocycles. The Balaban J connectivity index is 0.00000110. The number of likely N-dealkylation sites (N-methyl/N-ethyl adjacent to an activating group) is 1. The average Bonchev–Trinajstić information content (AvgIpc) is 2.43. The molecule has 2 aliphatic carbocycles. The summed E-state index contributed by atoms with van der Waals surface area (Å²) in [5.74, 6) is 0.930. The van der Waals surface area contributed by atoms with E-state index in [1.54, 1.807) is 11.1 Å². The Bertz CT molecular complexity index is 472. The molecule has 0 amide bonds. The van der Waals surface area contributed by atoms with E-state index in [1.165, 1.54) is 45.1 Å². The fourth-order valence-electron chi connectivity index (χ4n) is 5.16. The number of halogens is 1. The van der Waals surface area contributed by atoms with Gasteiger partial charge in [0.05, 0.1) is 0 Å². The minimum absolute atomic E-state index is 0. The van der Waals surface area contributed by atoms with Crippen LogP contribution in [0.15, 0.2) is 24.3 Å². The predicted octanol–water partition coefficient (Wildman–Crippen LogP) is 3.80. The van der Waals surface area contributed by atoms with E-state index in [-0.39, 0.29) is 12.4 Å². The zero-order valence-electron chi connectivity index (χ0n) is 11.8. The molecule has 1 aliphatic heterocycles. The Morgan fingerprint density at radius 2 is 2.00 bits per heavy atom. The van der Waals surface area contributed by atoms with Crippen LogP contribution in [0.3, 0.4) is 0 Å². The first kappa shape index (κ1) is 13.5. The van der Waals surface area contributed by atoms with Crippen LogP contribution in [-0.4, -0.2) is 24.5 Å². The van der Waals surface area contributed by atoms with Gasteiger partial charge in [-0.2, -0.15) is 0 Å². The smallest absolute Gasteiger partial charge is 0.0169 e. The van der Waals surface area contributed by atoms with Crippen LogP contribution in [0.5, 0.6) is 0 Å². The van der Waals surface area contributed by atoms with Gasteiger partial charge in [-0.15, -0.1) is 12.4 Å². The molecule has 1 nitrogen and oxygen atoms in total. The standard InChI is InChI=1S/C17H23N.ClH/c1-18-11-10-17-9-5-4-8-15(17)16(18)12-13-6-2-3-7-14(13)17;/h2-3,6-7,15-16H,4-5,8-12H2,1H3;1H/t15-,16+,17-;/m0./s1. The number of rotatable bonds is 0. The lowest BCUT2D eigenvalue weighted by Crippen LogP contribution is -2.59. The highest BCUT2D eigenvalue weighted by atomic mass is 35.5. The van der Waals surface area contributed by atoms with Crippen molar-refractivity contribution >= 4 is 12.4 Å². The maximum absolute atomic E-state index is 2.64. The van der Waals surface area contributed by atoms with Gasteiger partial charge in [-0.05, 0) is 56.3 Å². The molecular weight excluding hydrogens is 254 g/mol. The van der Waals surface area contributed by atoms with Crippen molar-refractivity contribution in [3.05, 3.63) is 35.4 Å². The zero-order valence-corrected chi connectivity index (χ0v) is 12.6. The molecule has 0 spiro atoms. The largest absolute Gasteiger partial charge is 0.303 e. The third kappa shape index (κ3) is 1.78. The van der Waals surface area contributed by atoms with Crippen molar-refractivity contribution in [2.24, 2.45) is 5.92 Å². The molecule has 2 bridgehead atoms. The highest BCUT2D eigenvalue weighted by Gasteiger charge is 2.52. The van der Waals surface area contributed by atoms with Gasteiger partial charge < -0.3 is 4.90 Å². The summed E-state index contributed by atoms with van der Waals surface area (Å²) in [6.07, 6.45) is 8.49. The molecule has 2 fully saturated rings. The van der Waals surface area contributed by atoms with Gasteiger partial charge in [-0.1, -0.05) is 37.1 Å². The number of hydrogen-bond donors (Lipinski definition) is 0. The van der Waals surface area contributed by atoms with Gasteiger partial charge in [-0.25, -0.2) is 0 Å². The van der Waals surface area contributed by atoms with Crippen LogP contribution in [0.2, 0.25) is 0 Å². The van der Waals surface area contributed by atoms with Gasteiger partial charge in [0.15, 0.2) is 0 Å². The topological polar surface area (TPSA) is 3.24 Å². The van der Waals surface area contributed by atoms with Crippen LogP contribution in [0.1, 0.15) is 43.2 Å². The molecular formula is C17H24ClN.